The van der Waals surface area contributed by atoms with Gasteiger partial charge in [-0.2, -0.15) is 0 Å². The number of aryl methyl sites for hydroxylation is 2. The highest BCUT2D eigenvalue weighted by molar-refractivity contribution is 5.95. The van der Waals surface area contributed by atoms with Gasteiger partial charge in [-0.25, -0.2) is 9.97 Å². The molecule has 124 valence electrons. The number of phenolic OH excluding ortho intramolecular Hbond substituents is 1. The van der Waals surface area contributed by atoms with Gasteiger partial charge in [0.15, 0.2) is 0 Å². The van der Waals surface area contributed by atoms with Gasteiger partial charge >= 0.3 is 0 Å². The molecule has 0 atom stereocenters. The molecule has 0 fully saturated rings. The van der Waals surface area contributed by atoms with E-state index in [4.69, 9.17) is 0 Å². The highest BCUT2D eigenvalue weighted by atomic mass is 16.3. The van der Waals surface area contributed by atoms with E-state index < -0.39 is 0 Å². The molecule has 0 unspecified atom stereocenters. The lowest BCUT2D eigenvalue weighted by Crippen LogP contribution is -1.99. The van der Waals surface area contributed by atoms with Gasteiger partial charge in [0.2, 0.25) is 5.95 Å². The predicted octanol–water partition coefficient (Wildman–Crippen LogP) is 4.39. The molecule has 2 N–H and O–H groups in total. The Morgan fingerprint density at radius 3 is 2.76 bits per heavy atom. The normalized spacial score (nSPS) is 11.0. The van der Waals surface area contributed by atoms with Gasteiger partial charge in [-0.15, -0.1) is 0 Å². The molecule has 0 aliphatic carbocycles. The maximum absolute atomic E-state index is 9.54. The molecule has 0 radical (unpaired) electrons. The van der Waals surface area contributed by atoms with Crippen molar-refractivity contribution in [3.8, 4) is 17.0 Å². The molecule has 2 heterocycles. The number of nitrogens with one attached hydrogen (secondary N) is 1. The number of anilines is 2. The number of fused-ring (bicyclic) bond motifs is 1. The van der Waals surface area contributed by atoms with E-state index in [0.29, 0.717) is 5.95 Å². The summed E-state index contributed by atoms with van der Waals surface area (Å²) in [4.78, 5) is 8.99. The molecule has 0 amide bonds. The number of para-hydroxylation sites is 1. The summed E-state index contributed by atoms with van der Waals surface area (Å²) in [5.41, 5.74) is 4.91. The summed E-state index contributed by atoms with van der Waals surface area (Å²) >= 11 is 0. The number of benzene rings is 2. The van der Waals surface area contributed by atoms with Crippen molar-refractivity contribution in [1.29, 1.82) is 0 Å². The average molecular weight is 330 g/mol. The fourth-order valence-electron chi connectivity index (χ4n) is 3.02. The molecule has 25 heavy (non-hydrogen) atoms. The minimum absolute atomic E-state index is 0.244. The molecule has 0 saturated heterocycles. The third-order valence-electron chi connectivity index (χ3n) is 4.28. The van der Waals surface area contributed by atoms with Gasteiger partial charge in [0, 0.05) is 41.6 Å². The summed E-state index contributed by atoms with van der Waals surface area (Å²) in [5, 5.41) is 13.9. The van der Waals surface area contributed by atoms with E-state index in [1.54, 1.807) is 18.3 Å². The van der Waals surface area contributed by atoms with Crippen LogP contribution >= 0.6 is 0 Å². The van der Waals surface area contributed by atoms with Crippen molar-refractivity contribution in [2.24, 2.45) is 7.05 Å². The zero-order valence-electron chi connectivity index (χ0n) is 14.1. The Morgan fingerprint density at radius 1 is 1.08 bits per heavy atom. The lowest BCUT2D eigenvalue weighted by Gasteiger charge is -2.09. The van der Waals surface area contributed by atoms with Crippen LogP contribution in [0.2, 0.25) is 0 Å². The minimum atomic E-state index is 0.244. The quantitative estimate of drug-likeness (QED) is 0.547. The van der Waals surface area contributed by atoms with E-state index in [1.165, 1.54) is 5.52 Å². The molecule has 0 spiro atoms. The number of hydrogen-bond donors (Lipinski definition) is 2. The van der Waals surface area contributed by atoms with Crippen LogP contribution in [0.4, 0.5) is 11.6 Å². The van der Waals surface area contributed by atoms with Crippen LogP contribution in [0.15, 0.2) is 60.9 Å². The van der Waals surface area contributed by atoms with Crippen molar-refractivity contribution in [3.05, 3.63) is 66.5 Å². The molecular weight excluding hydrogens is 312 g/mol. The number of rotatable bonds is 3. The Bertz CT molecular complexity index is 1070. The summed E-state index contributed by atoms with van der Waals surface area (Å²) in [6.45, 7) is 1.93. The Morgan fingerprint density at radius 2 is 1.92 bits per heavy atom. The summed E-state index contributed by atoms with van der Waals surface area (Å²) in [6, 6.07) is 15.3. The SMILES string of the molecule is Cc1cc(O)ccc1Nc1nccc(-c2cn(C)c3ccccc23)n1. The van der Waals surface area contributed by atoms with Crippen LogP contribution in [0, 0.1) is 6.92 Å². The standard InChI is InChI=1S/C20H18N4O/c1-13-11-14(25)7-8-17(13)22-20-21-10-9-18(23-20)16-12-24(2)19-6-4-3-5-15(16)19/h3-12,25H,1-2H3,(H,21,22,23). The maximum Gasteiger partial charge on any atom is 0.227 e. The first-order valence-electron chi connectivity index (χ1n) is 8.06. The summed E-state index contributed by atoms with van der Waals surface area (Å²) in [6.07, 6.45) is 3.84. The van der Waals surface area contributed by atoms with Crippen LogP contribution in [0.5, 0.6) is 5.75 Å². The van der Waals surface area contributed by atoms with Crippen molar-refractivity contribution in [1.82, 2.24) is 14.5 Å². The third kappa shape index (κ3) is 2.80. The summed E-state index contributed by atoms with van der Waals surface area (Å²) < 4.78 is 2.10. The first-order chi connectivity index (χ1) is 12.1. The molecule has 4 aromatic rings. The van der Waals surface area contributed by atoms with Crippen LogP contribution in [0.3, 0.4) is 0 Å². The fraction of sp³-hybridized carbons (Fsp3) is 0.100. The second kappa shape index (κ2) is 5.94. The smallest absolute Gasteiger partial charge is 0.227 e. The van der Waals surface area contributed by atoms with Gasteiger partial charge in [-0.05, 0) is 42.8 Å². The van der Waals surface area contributed by atoms with Crippen molar-refractivity contribution >= 4 is 22.5 Å². The van der Waals surface area contributed by atoms with E-state index in [2.05, 4.69) is 38.2 Å². The van der Waals surface area contributed by atoms with Crippen LogP contribution < -0.4 is 5.32 Å². The van der Waals surface area contributed by atoms with Gasteiger partial charge in [-0.1, -0.05) is 18.2 Å². The van der Waals surface area contributed by atoms with Crippen molar-refractivity contribution < 1.29 is 5.11 Å². The first-order valence-corrected chi connectivity index (χ1v) is 8.06. The predicted molar refractivity (Wildman–Crippen MR) is 100 cm³/mol. The van der Waals surface area contributed by atoms with E-state index in [0.717, 1.165) is 27.9 Å². The maximum atomic E-state index is 9.54. The molecule has 5 nitrogen and oxygen atoms in total. The summed E-state index contributed by atoms with van der Waals surface area (Å²) in [5.74, 6) is 0.771. The average Bonchev–Trinajstić information content (AvgIpc) is 2.95. The van der Waals surface area contributed by atoms with Crippen LogP contribution in [-0.4, -0.2) is 19.6 Å². The molecule has 0 aliphatic rings. The fourth-order valence-corrected chi connectivity index (χ4v) is 3.02. The van der Waals surface area contributed by atoms with Gasteiger partial charge in [-0.3, -0.25) is 0 Å². The Hall–Kier alpha value is -3.34. The van der Waals surface area contributed by atoms with E-state index in [1.807, 2.05) is 38.2 Å². The number of phenols is 1. The number of aromatic nitrogens is 3. The van der Waals surface area contributed by atoms with Crippen molar-refractivity contribution in [2.45, 2.75) is 6.92 Å². The zero-order valence-corrected chi connectivity index (χ0v) is 14.1. The Labute approximate surface area is 145 Å². The topological polar surface area (TPSA) is 63.0 Å². The molecule has 0 aliphatic heterocycles. The third-order valence-corrected chi connectivity index (χ3v) is 4.28. The Balaban J connectivity index is 1.74. The van der Waals surface area contributed by atoms with Crippen molar-refractivity contribution in [2.75, 3.05) is 5.32 Å². The largest absolute Gasteiger partial charge is 0.508 e. The van der Waals surface area contributed by atoms with Gasteiger partial charge in [0.25, 0.3) is 0 Å². The molecule has 0 bridgehead atoms. The van der Waals surface area contributed by atoms with Gasteiger partial charge < -0.3 is 15.0 Å². The molecule has 4 rings (SSSR count). The van der Waals surface area contributed by atoms with Crippen LogP contribution in [0.1, 0.15) is 5.56 Å². The molecule has 5 heteroatoms. The lowest BCUT2D eigenvalue weighted by atomic mass is 10.1. The highest BCUT2D eigenvalue weighted by Gasteiger charge is 2.11. The molecule has 2 aromatic heterocycles. The second-order valence-corrected chi connectivity index (χ2v) is 6.06. The number of hydrogen-bond acceptors (Lipinski definition) is 4. The molecular formula is C20H18N4O. The van der Waals surface area contributed by atoms with E-state index >= 15 is 0 Å². The van der Waals surface area contributed by atoms with Crippen molar-refractivity contribution in [3.63, 3.8) is 0 Å². The highest BCUT2D eigenvalue weighted by Crippen LogP contribution is 2.29. The minimum Gasteiger partial charge on any atom is -0.508 e. The number of aromatic hydroxyl groups is 1. The molecule has 2 aromatic carbocycles. The molecule has 0 saturated carbocycles. The van der Waals surface area contributed by atoms with Crippen LogP contribution in [0.25, 0.3) is 22.2 Å². The van der Waals surface area contributed by atoms with E-state index in [9.17, 15) is 5.11 Å². The van der Waals surface area contributed by atoms with Gasteiger partial charge in [0.05, 0.1) is 5.69 Å². The summed E-state index contributed by atoms with van der Waals surface area (Å²) in [7, 11) is 2.03. The monoisotopic (exact) mass is 330 g/mol. The zero-order chi connectivity index (χ0) is 17.4. The first kappa shape index (κ1) is 15.2. The van der Waals surface area contributed by atoms with Gasteiger partial charge in [0.1, 0.15) is 5.75 Å². The van der Waals surface area contributed by atoms with Crippen LogP contribution in [-0.2, 0) is 7.05 Å². The van der Waals surface area contributed by atoms with E-state index in [-0.39, 0.29) is 5.75 Å². The number of nitrogens with zero attached hydrogens (tertiary/aromatic N) is 3. The second-order valence-electron chi connectivity index (χ2n) is 6.06. The lowest BCUT2D eigenvalue weighted by molar-refractivity contribution is 0.475. The Kier molecular flexibility index (Phi) is 3.61.